The minimum atomic E-state index is -0.411. The summed E-state index contributed by atoms with van der Waals surface area (Å²) in [5, 5.41) is 3.95. The Morgan fingerprint density at radius 3 is 2.87 bits per heavy atom. The van der Waals surface area contributed by atoms with Crippen LogP contribution >= 0.6 is 0 Å². The number of pyridine rings is 1. The molecule has 1 spiro atoms. The maximum Gasteiger partial charge on any atom is 0.246 e. The quantitative estimate of drug-likeness (QED) is 0.666. The minimum Gasteiger partial charge on any atom is -0.459 e. The summed E-state index contributed by atoms with van der Waals surface area (Å²) in [5.74, 6) is 1.37. The Hall–Kier alpha value is -3.41. The van der Waals surface area contributed by atoms with Crippen molar-refractivity contribution in [1.82, 2.24) is 9.88 Å². The van der Waals surface area contributed by atoms with Crippen LogP contribution in [0, 0.1) is 6.92 Å². The zero-order valence-electron chi connectivity index (χ0n) is 17.1. The number of carbonyl (C=O) groups is 2. The third kappa shape index (κ3) is 2.83. The molecule has 30 heavy (non-hydrogen) atoms. The molecule has 2 aliphatic rings. The van der Waals surface area contributed by atoms with Gasteiger partial charge in [0, 0.05) is 35.8 Å². The Balaban J connectivity index is 1.32. The summed E-state index contributed by atoms with van der Waals surface area (Å²) in [4.78, 5) is 31.0. The van der Waals surface area contributed by atoms with Gasteiger partial charge in [-0.15, -0.1) is 0 Å². The van der Waals surface area contributed by atoms with E-state index in [9.17, 15) is 9.59 Å². The van der Waals surface area contributed by atoms with Crippen molar-refractivity contribution in [2.75, 3.05) is 12.4 Å². The molecule has 0 unspecified atom stereocenters. The van der Waals surface area contributed by atoms with Crippen molar-refractivity contribution in [2.24, 2.45) is 0 Å². The van der Waals surface area contributed by atoms with Gasteiger partial charge in [-0.2, -0.15) is 0 Å². The number of para-hydroxylation sites is 1. The SMILES string of the molecule is Cc1c(CN(C)C(=O)C=Cc2cnc3c(c2)C2(CCC2)C(=O)N3)oc2ccccc12. The second kappa shape index (κ2) is 6.83. The highest BCUT2D eigenvalue weighted by atomic mass is 16.3. The van der Waals surface area contributed by atoms with Crippen molar-refractivity contribution in [1.29, 1.82) is 0 Å². The second-order valence-electron chi connectivity index (χ2n) is 8.23. The third-order valence-electron chi connectivity index (χ3n) is 6.42. The van der Waals surface area contributed by atoms with E-state index in [2.05, 4.69) is 10.3 Å². The van der Waals surface area contributed by atoms with Gasteiger partial charge in [0.05, 0.1) is 12.0 Å². The average molecular weight is 401 g/mol. The van der Waals surface area contributed by atoms with Gasteiger partial charge in [0.25, 0.3) is 0 Å². The summed E-state index contributed by atoms with van der Waals surface area (Å²) < 4.78 is 5.92. The molecule has 1 saturated carbocycles. The number of aryl methyl sites for hydroxylation is 1. The highest BCUT2D eigenvalue weighted by molar-refractivity contribution is 6.06. The summed E-state index contributed by atoms with van der Waals surface area (Å²) in [7, 11) is 1.76. The number of hydrogen-bond donors (Lipinski definition) is 1. The zero-order valence-corrected chi connectivity index (χ0v) is 17.1. The van der Waals surface area contributed by atoms with E-state index in [1.54, 1.807) is 30.3 Å². The van der Waals surface area contributed by atoms with Crippen molar-refractivity contribution in [2.45, 2.75) is 38.1 Å². The second-order valence-corrected chi connectivity index (χ2v) is 8.23. The fourth-order valence-electron chi connectivity index (χ4n) is 4.38. The maximum atomic E-state index is 12.6. The highest BCUT2D eigenvalue weighted by Gasteiger charge is 2.51. The predicted molar refractivity (Wildman–Crippen MR) is 115 cm³/mol. The first-order valence-electron chi connectivity index (χ1n) is 10.2. The van der Waals surface area contributed by atoms with Crippen LogP contribution in [0.4, 0.5) is 5.82 Å². The lowest BCUT2D eigenvalue weighted by Crippen LogP contribution is -2.40. The van der Waals surface area contributed by atoms with Gasteiger partial charge in [-0.25, -0.2) is 4.98 Å². The summed E-state index contributed by atoms with van der Waals surface area (Å²) in [6.45, 7) is 2.41. The molecule has 0 atom stereocenters. The molecule has 6 heteroatoms. The number of furan rings is 1. The molecular weight excluding hydrogens is 378 g/mol. The molecule has 6 nitrogen and oxygen atoms in total. The molecule has 1 N–H and O–H groups in total. The predicted octanol–water partition coefficient (Wildman–Crippen LogP) is 4.18. The molecule has 1 fully saturated rings. The van der Waals surface area contributed by atoms with Crippen LogP contribution in [0.1, 0.15) is 41.7 Å². The zero-order chi connectivity index (χ0) is 20.9. The van der Waals surface area contributed by atoms with Gasteiger partial charge in [0.1, 0.15) is 17.2 Å². The van der Waals surface area contributed by atoms with Gasteiger partial charge in [-0.3, -0.25) is 9.59 Å². The van der Waals surface area contributed by atoms with Gasteiger partial charge in [-0.1, -0.05) is 24.6 Å². The molecule has 2 amide bonds. The Kier molecular flexibility index (Phi) is 4.24. The van der Waals surface area contributed by atoms with Crippen LogP contribution in [0.25, 0.3) is 17.0 Å². The van der Waals surface area contributed by atoms with Crippen molar-refractivity contribution in [3.8, 4) is 0 Å². The van der Waals surface area contributed by atoms with E-state index in [-0.39, 0.29) is 11.8 Å². The van der Waals surface area contributed by atoms with E-state index in [0.717, 1.165) is 52.7 Å². The molecule has 1 aliphatic carbocycles. The molecule has 1 aliphatic heterocycles. The molecule has 3 heterocycles. The lowest BCUT2D eigenvalue weighted by molar-refractivity contribution is -0.125. The van der Waals surface area contributed by atoms with E-state index >= 15 is 0 Å². The largest absolute Gasteiger partial charge is 0.459 e. The molecule has 1 aromatic carbocycles. The average Bonchev–Trinajstić information content (AvgIpc) is 3.19. The van der Waals surface area contributed by atoms with Crippen LogP contribution in [0.2, 0.25) is 0 Å². The number of fused-ring (bicyclic) bond motifs is 3. The standard InChI is InChI=1S/C24H23N3O3/c1-15-17-6-3-4-7-19(17)30-20(15)14-27(2)21(28)9-8-16-12-18-22(25-13-16)26-23(29)24(18)10-5-11-24/h3-4,6-9,12-13H,5,10-11,14H2,1-2H3,(H,25,26,29). The fraction of sp³-hybridized carbons (Fsp3) is 0.292. The molecule has 0 saturated heterocycles. The van der Waals surface area contributed by atoms with Crippen molar-refractivity contribution in [3.63, 3.8) is 0 Å². The van der Waals surface area contributed by atoms with E-state index in [1.807, 2.05) is 37.3 Å². The van der Waals surface area contributed by atoms with E-state index in [1.165, 1.54) is 0 Å². The number of nitrogens with one attached hydrogen (secondary N) is 1. The van der Waals surface area contributed by atoms with Gasteiger partial charge in [0.2, 0.25) is 11.8 Å². The highest BCUT2D eigenvalue weighted by Crippen LogP contribution is 2.50. The molecular formula is C24H23N3O3. The first kappa shape index (κ1) is 18.6. The Bertz CT molecular complexity index is 1200. The molecule has 0 radical (unpaired) electrons. The van der Waals surface area contributed by atoms with Gasteiger partial charge in [-0.05, 0) is 43.5 Å². The van der Waals surface area contributed by atoms with Gasteiger partial charge < -0.3 is 14.6 Å². The van der Waals surface area contributed by atoms with Gasteiger partial charge in [0.15, 0.2) is 0 Å². The fourth-order valence-corrected chi connectivity index (χ4v) is 4.38. The Labute approximate surface area is 174 Å². The number of nitrogens with zero attached hydrogens (tertiary/aromatic N) is 2. The normalized spacial score (nSPS) is 16.7. The number of hydrogen-bond acceptors (Lipinski definition) is 4. The first-order valence-corrected chi connectivity index (χ1v) is 10.2. The van der Waals surface area contributed by atoms with Crippen LogP contribution < -0.4 is 5.32 Å². The van der Waals surface area contributed by atoms with E-state index in [4.69, 9.17) is 4.42 Å². The molecule has 3 aromatic rings. The first-order chi connectivity index (χ1) is 14.5. The van der Waals surface area contributed by atoms with Crippen molar-refractivity contribution >= 4 is 34.7 Å². The number of rotatable bonds is 4. The number of anilines is 1. The smallest absolute Gasteiger partial charge is 0.246 e. The number of aromatic nitrogens is 1. The van der Waals surface area contributed by atoms with Crippen LogP contribution in [-0.2, 0) is 21.5 Å². The molecule has 2 aromatic heterocycles. The maximum absolute atomic E-state index is 12.6. The third-order valence-corrected chi connectivity index (χ3v) is 6.42. The van der Waals surface area contributed by atoms with Crippen molar-refractivity contribution < 1.29 is 14.0 Å². The summed E-state index contributed by atoms with van der Waals surface area (Å²) in [5.41, 5.74) is 3.25. The molecule has 0 bridgehead atoms. The number of benzene rings is 1. The van der Waals surface area contributed by atoms with Crippen LogP contribution in [0.3, 0.4) is 0 Å². The molecule has 152 valence electrons. The monoisotopic (exact) mass is 401 g/mol. The summed E-state index contributed by atoms with van der Waals surface area (Å²) in [6.07, 6.45) is 7.76. The van der Waals surface area contributed by atoms with Crippen LogP contribution in [0.5, 0.6) is 0 Å². The lowest BCUT2D eigenvalue weighted by Gasteiger charge is -2.35. The minimum absolute atomic E-state index is 0.0504. The molecule has 5 rings (SSSR count). The Morgan fingerprint density at radius 2 is 2.13 bits per heavy atom. The summed E-state index contributed by atoms with van der Waals surface area (Å²) in [6, 6.07) is 9.85. The number of likely N-dealkylation sites (N-methyl/N-ethyl adjacent to an activating group) is 1. The lowest BCUT2D eigenvalue weighted by atomic mass is 9.65. The van der Waals surface area contributed by atoms with Crippen LogP contribution in [0.15, 0.2) is 47.0 Å². The van der Waals surface area contributed by atoms with Crippen LogP contribution in [-0.4, -0.2) is 28.7 Å². The topological polar surface area (TPSA) is 75.4 Å². The number of carbonyl (C=O) groups excluding carboxylic acids is 2. The van der Waals surface area contributed by atoms with Crippen molar-refractivity contribution in [3.05, 3.63) is 65.1 Å². The van der Waals surface area contributed by atoms with E-state index in [0.29, 0.717) is 12.4 Å². The van der Waals surface area contributed by atoms with E-state index < -0.39 is 5.41 Å². The summed E-state index contributed by atoms with van der Waals surface area (Å²) >= 11 is 0. The van der Waals surface area contributed by atoms with Gasteiger partial charge >= 0.3 is 0 Å². The Morgan fingerprint density at radius 1 is 1.33 bits per heavy atom. The number of amides is 2.